The maximum absolute atomic E-state index is 13.1. The fourth-order valence-electron chi connectivity index (χ4n) is 3.08. The molecule has 0 aliphatic heterocycles. The lowest BCUT2D eigenvalue weighted by Crippen LogP contribution is -2.46. The first-order valence-corrected chi connectivity index (χ1v) is 10.9. The standard InChI is InChI=1S/C25H28FN3O5/c1-3-17(2)23(24(31)33-13-12-27)29-25(32)34-16-18-4-10-22(11-5-18)28-14-20(15-30)19-6-8-21(26)9-7-19/h4-11,15,17,20,23,28H,3,13-14,16H2,1-2H3,(H,29,32)/t17-,20?,23-/m0/s1. The van der Waals surface area contributed by atoms with Crippen LogP contribution < -0.4 is 10.6 Å². The number of ether oxygens (including phenoxy) is 2. The van der Waals surface area contributed by atoms with E-state index in [9.17, 15) is 18.8 Å². The number of alkyl carbamates (subject to hydrolysis) is 1. The van der Waals surface area contributed by atoms with Gasteiger partial charge in [-0.25, -0.2) is 14.0 Å². The lowest BCUT2D eigenvalue weighted by molar-refractivity contribution is -0.146. The van der Waals surface area contributed by atoms with Gasteiger partial charge in [0.2, 0.25) is 0 Å². The summed E-state index contributed by atoms with van der Waals surface area (Å²) in [5, 5.41) is 14.2. The molecular formula is C25H28FN3O5. The van der Waals surface area contributed by atoms with Crippen LogP contribution in [0.4, 0.5) is 14.9 Å². The van der Waals surface area contributed by atoms with Crippen molar-refractivity contribution in [3.63, 3.8) is 0 Å². The van der Waals surface area contributed by atoms with E-state index in [0.717, 1.165) is 17.5 Å². The summed E-state index contributed by atoms with van der Waals surface area (Å²) in [7, 11) is 0. The van der Waals surface area contributed by atoms with E-state index in [0.29, 0.717) is 18.5 Å². The van der Waals surface area contributed by atoms with Crippen molar-refractivity contribution < 1.29 is 28.2 Å². The number of nitriles is 1. The second kappa shape index (κ2) is 13.6. The minimum Gasteiger partial charge on any atom is -0.449 e. The minimum absolute atomic E-state index is 0.0148. The van der Waals surface area contributed by atoms with Crippen molar-refractivity contribution in [2.75, 3.05) is 18.5 Å². The van der Waals surface area contributed by atoms with E-state index in [1.165, 1.54) is 12.1 Å². The zero-order valence-corrected chi connectivity index (χ0v) is 19.1. The highest BCUT2D eigenvalue weighted by Gasteiger charge is 2.28. The van der Waals surface area contributed by atoms with Crippen molar-refractivity contribution in [1.29, 1.82) is 5.26 Å². The Labute approximate surface area is 198 Å². The van der Waals surface area contributed by atoms with Crippen LogP contribution in [0.2, 0.25) is 0 Å². The van der Waals surface area contributed by atoms with Crippen molar-refractivity contribution in [3.8, 4) is 6.07 Å². The predicted molar refractivity (Wildman–Crippen MR) is 123 cm³/mol. The number of amides is 1. The molecule has 0 heterocycles. The number of nitrogens with one attached hydrogen (secondary N) is 2. The molecule has 9 heteroatoms. The van der Waals surface area contributed by atoms with E-state index in [1.54, 1.807) is 49.4 Å². The molecule has 0 saturated carbocycles. The first kappa shape index (κ1) is 26.3. The number of esters is 1. The van der Waals surface area contributed by atoms with Gasteiger partial charge >= 0.3 is 12.1 Å². The second-order valence-electron chi connectivity index (χ2n) is 7.72. The van der Waals surface area contributed by atoms with E-state index in [2.05, 4.69) is 10.6 Å². The molecule has 1 amide bonds. The Morgan fingerprint density at radius 3 is 2.38 bits per heavy atom. The Morgan fingerprint density at radius 2 is 1.79 bits per heavy atom. The molecule has 8 nitrogen and oxygen atoms in total. The first-order valence-electron chi connectivity index (χ1n) is 10.9. The van der Waals surface area contributed by atoms with Crippen LogP contribution in [-0.4, -0.2) is 37.5 Å². The fraction of sp³-hybridized carbons (Fsp3) is 0.360. The molecular weight excluding hydrogens is 441 g/mol. The molecule has 2 N–H and O–H groups in total. The van der Waals surface area contributed by atoms with Crippen molar-refractivity contribution in [2.45, 2.75) is 38.8 Å². The van der Waals surface area contributed by atoms with Crippen LogP contribution in [0.1, 0.15) is 37.3 Å². The van der Waals surface area contributed by atoms with Gasteiger partial charge in [0.25, 0.3) is 0 Å². The topological polar surface area (TPSA) is 118 Å². The fourth-order valence-corrected chi connectivity index (χ4v) is 3.08. The Kier molecular flexibility index (Phi) is 10.5. The summed E-state index contributed by atoms with van der Waals surface area (Å²) in [6.45, 7) is 3.59. The van der Waals surface area contributed by atoms with E-state index in [-0.39, 0.29) is 24.9 Å². The number of hydrogen-bond donors (Lipinski definition) is 2. The predicted octanol–water partition coefficient (Wildman–Crippen LogP) is 3.93. The third-order valence-corrected chi connectivity index (χ3v) is 5.33. The monoisotopic (exact) mass is 469 g/mol. The van der Waals surface area contributed by atoms with Crippen LogP contribution in [0, 0.1) is 23.1 Å². The number of nitrogens with zero attached hydrogens (tertiary/aromatic N) is 1. The minimum atomic E-state index is -0.913. The summed E-state index contributed by atoms with van der Waals surface area (Å²) in [6, 6.07) is 13.7. The van der Waals surface area contributed by atoms with Crippen LogP contribution in [0.3, 0.4) is 0 Å². The number of halogens is 1. The first-order chi connectivity index (χ1) is 16.4. The molecule has 2 rings (SSSR count). The molecule has 2 aromatic carbocycles. The van der Waals surface area contributed by atoms with E-state index >= 15 is 0 Å². The van der Waals surface area contributed by atoms with Gasteiger partial charge in [-0.3, -0.25) is 0 Å². The molecule has 1 unspecified atom stereocenters. The van der Waals surface area contributed by atoms with Gasteiger partial charge in [0.05, 0.1) is 5.92 Å². The smallest absolute Gasteiger partial charge is 0.408 e. The number of benzene rings is 2. The number of carbonyl (C=O) groups is 3. The number of anilines is 1. The molecule has 0 fully saturated rings. The zero-order valence-electron chi connectivity index (χ0n) is 19.1. The molecule has 180 valence electrons. The molecule has 2 aromatic rings. The average molecular weight is 470 g/mol. The molecule has 0 spiro atoms. The van der Waals surface area contributed by atoms with Gasteiger partial charge in [0, 0.05) is 12.2 Å². The van der Waals surface area contributed by atoms with E-state index in [4.69, 9.17) is 14.7 Å². The normalized spacial score (nSPS) is 13.0. The highest BCUT2D eigenvalue weighted by Crippen LogP contribution is 2.17. The van der Waals surface area contributed by atoms with E-state index < -0.39 is 24.0 Å². The molecule has 0 aliphatic rings. The van der Waals surface area contributed by atoms with Crippen LogP contribution >= 0.6 is 0 Å². The van der Waals surface area contributed by atoms with Crippen LogP contribution in [-0.2, 0) is 25.7 Å². The molecule has 34 heavy (non-hydrogen) atoms. The van der Waals surface area contributed by atoms with Crippen LogP contribution in [0.25, 0.3) is 0 Å². The lowest BCUT2D eigenvalue weighted by Gasteiger charge is -2.21. The van der Waals surface area contributed by atoms with Crippen molar-refractivity contribution >= 4 is 24.0 Å². The quantitative estimate of drug-likeness (QED) is 0.357. The highest BCUT2D eigenvalue weighted by molar-refractivity contribution is 5.81. The summed E-state index contributed by atoms with van der Waals surface area (Å²) in [6.07, 6.45) is 0.659. The Bertz CT molecular complexity index is 989. The van der Waals surface area contributed by atoms with E-state index in [1.807, 2.05) is 6.92 Å². The number of carbonyl (C=O) groups excluding carboxylic acids is 3. The summed E-state index contributed by atoms with van der Waals surface area (Å²) < 4.78 is 23.1. The third kappa shape index (κ3) is 8.20. The maximum Gasteiger partial charge on any atom is 0.408 e. The molecule has 0 saturated heterocycles. The molecule has 0 aromatic heterocycles. The van der Waals surface area contributed by atoms with Gasteiger partial charge in [0.1, 0.15) is 30.8 Å². The van der Waals surface area contributed by atoms with Crippen LogP contribution in [0.15, 0.2) is 48.5 Å². The van der Waals surface area contributed by atoms with Crippen LogP contribution in [0.5, 0.6) is 0 Å². The van der Waals surface area contributed by atoms with Gasteiger partial charge in [-0.2, -0.15) is 5.26 Å². The maximum atomic E-state index is 13.1. The van der Waals surface area contributed by atoms with Gasteiger partial charge in [-0.15, -0.1) is 0 Å². The Balaban J connectivity index is 1.86. The summed E-state index contributed by atoms with van der Waals surface area (Å²) in [5.74, 6) is -1.67. The van der Waals surface area contributed by atoms with Gasteiger partial charge in [0.15, 0.2) is 6.61 Å². The number of hydrogen-bond acceptors (Lipinski definition) is 7. The van der Waals surface area contributed by atoms with Gasteiger partial charge in [-0.1, -0.05) is 44.5 Å². The Hall–Kier alpha value is -3.93. The lowest BCUT2D eigenvalue weighted by atomic mass is 9.99. The number of aldehydes is 1. The Morgan fingerprint density at radius 1 is 1.12 bits per heavy atom. The molecule has 0 bridgehead atoms. The summed E-state index contributed by atoms with van der Waals surface area (Å²) in [4.78, 5) is 35.7. The van der Waals surface area contributed by atoms with Gasteiger partial charge in [-0.05, 0) is 41.3 Å². The second-order valence-corrected chi connectivity index (χ2v) is 7.72. The van der Waals surface area contributed by atoms with Crippen molar-refractivity contribution in [3.05, 3.63) is 65.5 Å². The average Bonchev–Trinajstić information content (AvgIpc) is 2.86. The SMILES string of the molecule is CC[C@H](C)[C@H](NC(=O)OCc1ccc(NCC(C=O)c2ccc(F)cc2)cc1)C(=O)OCC#N. The molecule has 3 atom stereocenters. The largest absolute Gasteiger partial charge is 0.449 e. The third-order valence-electron chi connectivity index (χ3n) is 5.33. The van der Waals surface area contributed by atoms with Gasteiger partial charge < -0.3 is 24.9 Å². The number of rotatable bonds is 12. The molecule has 0 radical (unpaired) electrons. The summed E-state index contributed by atoms with van der Waals surface area (Å²) >= 11 is 0. The van der Waals surface area contributed by atoms with Crippen molar-refractivity contribution in [1.82, 2.24) is 5.32 Å². The van der Waals surface area contributed by atoms with Crippen molar-refractivity contribution in [2.24, 2.45) is 5.92 Å². The molecule has 0 aliphatic carbocycles. The summed E-state index contributed by atoms with van der Waals surface area (Å²) in [5.41, 5.74) is 2.20. The highest BCUT2D eigenvalue weighted by atomic mass is 19.1. The zero-order chi connectivity index (χ0) is 24.9.